The Morgan fingerprint density at radius 2 is 1.55 bits per heavy atom. The fourth-order valence-corrected chi connectivity index (χ4v) is 0.513. The summed E-state index contributed by atoms with van der Waals surface area (Å²) in [6, 6.07) is 0. The van der Waals surface area contributed by atoms with E-state index in [0.717, 1.165) is 0 Å². The summed E-state index contributed by atoms with van der Waals surface area (Å²) in [4.78, 5) is 20.5. The van der Waals surface area contributed by atoms with Crippen LogP contribution in [0, 0.1) is 0 Å². The monoisotopic (exact) mass is 160 g/mol. The van der Waals surface area contributed by atoms with Crippen molar-refractivity contribution in [2.75, 3.05) is 19.7 Å². The van der Waals surface area contributed by atoms with Crippen LogP contribution in [0.5, 0.6) is 0 Å². The maximum atomic E-state index is 10.3. The zero-order valence-electron chi connectivity index (χ0n) is 6.39. The Labute approximate surface area is 64.8 Å². The molecule has 64 valence electrons. The SMILES string of the molecule is CCO.O=C1NCCNC1=O. The summed E-state index contributed by atoms with van der Waals surface area (Å²) in [5.74, 6) is -1.06. The van der Waals surface area contributed by atoms with Crippen molar-refractivity contribution in [2.45, 2.75) is 6.92 Å². The summed E-state index contributed by atoms with van der Waals surface area (Å²) in [5.41, 5.74) is 0. The lowest BCUT2D eigenvalue weighted by Gasteiger charge is -2.10. The highest BCUT2D eigenvalue weighted by Gasteiger charge is 2.15. The minimum atomic E-state index is -0.531. The van der Waals surface area contributed by atoms with Crippen molar-refractivity contribution < 1.29 is 14.7 Å². The smallest absolute Gasteiger partial charge is 0.309 e. The summed E-state index contributed by atoms with van der Waals surface area (Å²) < 4.78 is 0. The molecule has 1 aliphatic rings. The van der Waals surface area contributed by atoms with Crippen molar-refractivity contribution in [1.29, 1.82) is 0 Å². The summed E-state index contributed by atoms with van der Waals surface area (Å²) in [5, 5.41) is 12.3. The third-order valence-corrected chi connectivity index (χ3v) is 0.902. The van der Waals surface area contributed by atoms with Gasteiger partial charge in [0.15, 0.2) is 0 Å². The number of aliphatic hydroxyl groups is 1. The lowest BCUT2D eigenvalue weighted by Crippen LogP contribution is -2.49. The van der Waals surface area contributed by atoms with E-state index < -0.39 is 11.8 Å². The standard InChI is InChI=1S/C4H6N2O2.C2H6O/c7-3-4(8)6-2-1-5-3;1-2-3/h1-2H2,(H,5,7)(H,6,8);3H,2H2,1H3. The van der Waals surface area contributed by atoms with Gasteiger partial charge in [0.1, 0.15) is 0 Å². The van der Waals surface area contributed by atoms with Gasteiger partial charge in [0.05, 0.1) is 0 Å². The molecule has 3 N–H and O–H groups in total. The topological polar surface area (TPSA) is 78.4 Å². The van der Waals surface area contributed by atoms with E-state index in [9.17, 15) is 9.59 Å². The number of carbonyl (C=O) groups excluding carboxylic acids is 2. The number of carbonyl (C=O) groups is 2. The largest absolute Gasteiger partial charge is 0.397 e. The molecule has 1 aliphatic heterocycles. The van der Waals surface area contributed by atoms with E-state index in [2.05, 4.69) is 10.6 Å². The molecule has 5 nitrogen and oxygen atoms in total. The Balaban J connectivity index is 0.000000292. The van der Waals surface area contributed by atoms with Crippen molar-refractivity contribution in [3.63, 3.8) is 0 Å². The van der Waals surface area contributed by atoms with Gasteiger partial charge in [-0.25, -0.2) is 0 Å². The maximum absolute atomic E-state index is 10.3. The first-order valence-electron chi connectivity index (χ1n) is 3.39. The van der Waals surface area contributed by atoms with Crippen LogP contribution in [0.4, 0.5) is 0 Å². The zero-order valence-corrected chi connectivity index (χ0v) is 6.39. The molecule has 1 heterocycles. The van der Waals surface area contributed by atoms with Crippen LogP contribution >= 0.6 is 0 Å². The molecule has 2 amide bonds. The summed E-state index contributed by atoms with van der Waals surface area (Å²) in [6.45, 7) is 3.02. The third kappa shape index (κ3) is 4.32. The van der Waals surface area contributed by atoms with Gasteiger partial charge in [0, 0.05) is 19.7 Å². The minimum absolute atomic E-state index is 0.250. The lowest BCUT2D eigenvalue weighted by molar-refractivity contribution is -0.140. The van der Waals surface area contributed by atoms with E-state index in [1.807, 2.05) is 0 Å². The van der Waals surface area contributed by atoms with E-state index in [1.165, 1.54) is 0 Å². The molecule has 11 heavy (non-hydrogen) atoms. The molecule has 0 aromatic rings. The van der Waals surface area contributed by atoms with E-state index in [1.54, 1.807) is 6.92 Å². The zero-order chi connectivity index (χ0) is 8.69. The van der Waals surface area contributed by atoms with E-state index in [0.29, 0.717) is 13.1 Å². The Kier molecular flexibility index (Phi) is 5.10. The fourth-order valence-electron chi connectivity index (χ4n) is 0.513. The van der Waals surface area contributed by atoms with Crippen LogP contribution in [0.3, 0.4) is 0 Å². The molecule has 0 atom stereocenters. The Morgan fingerprint density at radius 3 is 1.73 bits per heavy atom. The first-order chi connectivity index (χ1) is 5.22. The van der Waals surface area contributed by atoms with E-state index >= 15 is 0 Å². The number of aliphatic hydroxyl groups excluding tert-OH is 1. The molecular formula is C6H12N2O3. The number of piperazine rings is 1. The summed E-state index contributed by atoms with van der Waals surface area (Å²) >= 11 is 0. The van der Waals surface area contributed by atoms with Gasteiger partial charge in [-0.1, -0.05) is 0 Å². The normalized spacial score (nSPS) is 15.8. The fraction of sp³-hybridized carbons (Fsp3) is 0.667. The number of nitrogens with one attached hydrogen (secondary N) is 2. The lowest BCUT2D eigenvalue weighted by atomic mass is 10.4. The Hall–Kier alpha value is -1.10. The second-order valence-corrected chi connectivity index (χ2v) is 1.83. The van der Waals surface area contributed by atoms with Crippen LogP contribution in [0.15, 0.2) is 0 Å². The Morgan fingerprint density at radius 1 is 1.27 bits per heavy atom. The van der Waals surface area contributed by atoms with Gasteiger partial charge >= 0.3 is 11.8 Å². The first kappa shape index (κ1) is 9.90. The average Bonchev–Trinajstić information content (AvgIpc) is 1.97. The number of rotatable bonds is 0. The third-order valence-electron chi connectivity index (χ3n) is 0.902. The van der Waals surface area contributed by atoms with Crippen LogP contribution in [0.25, 0.3) is 0 Å². The molecule has 0 spiro atoms. The number of hydrogen-bond acceptors (Lipinski definition) is 3. The summed E-state index contributed by atoms with van der Waals surface area (Å²) in [6.07, 6.45) is 0. The molecule has 0 radical (unpaired) electrons. The molecule has 1 saturated heterocycles. The van der Waals surface area contributed by atoms with Crippen LogP contribution in [0.1, 0.15) is 6.92 Å². The van der Waals surface area contributed by atoms with Crippen LogP contribution in [-0.4, -0.2) is 36.6 Å². The molecule has 0 unspecified atom stereocenters. The maximum Gasteiger partial charge on any atom is 0.309 e. The highest BCUT2D eigenvalue weighted by molar-refractivity contribution is 6.35. The quantitative estimate of drug-likeness (QED) is 0.367. The van der Waals surface area contributed by atoms with Gasteiger partial charge in [0.25, 0.3) is 0 Å². The molecule has 0 saturated carbocycles. The second-order valence-electron chi connectivity index (χ2n) is 1.83. The second kappa shape index (κ2) is 5.67. The molecule has 0 aromatic carbocycles. The predicted molar refractivity (Wildman–Crippen MR) is 38.8 cm³/mol. The molecule has 0 bridgehead atoms. The minimum Gasteiger partial charge on any atom is -0.397 e. The van der Waals surface area contributed by atoms with Crippen molar-refractivity contribution in [3.05, 3.63) is 0 Å². The van der Waals surface area contributed by atoms with Gasteiger partial charge in [-0.05, 0) is 6.92 Å². The number of hydrogen-bond donors (Lipinski definition) is 3. The molecule has 0 aliphatic carbocycles. The van der Waals surface area contributed by atoms with Crippen molar-refractivity contribution in [1.82, 2.24) is 10.6 Å². The molecule has 5 heteroatoms. The molecule has 1 fully saturated rings. The molecular weight excluding hydrogens is 148 g/mol. The van der Waals surface area contributed by atoms with Crippen LogP contribution < -0.4 is 10.6 Å². The van der Waals surface area contributed by atoms with Gasteiger partial charge < -0.3 is 15.7 Å². The molecule has 0 aromatic heterocycles. The number of amides is 2. The van der Waals surface area contributed by atoms with Gasteiger partial charge in [-0.3, -0.25) is 9.59 Å². The van der Waals surface area contributed by atoms with E-state index in [4.69, 9.17) is 5.11 Å². The van der Waals surface area contributed by atoms with Crippen molar-refractivity contribution >= 4 is 11.8 Å². The highest BCUT2D eigenvalue weighted by Crippen LogP contribution is 1.73. The summed E-state index contributed by atoms with van der Waals surface area (Å²) in [7, 11) is 0. The highest BCUT2D eigenvalue weighted by atomic mass is 16.2. The van der Waals surface area contributed by atoms with E-state index in [-0.39, 0.29) is 6.61 Å². The van der Waals surface area contributed by atoms with Gasteiger partial charge in [0.2, 0.25) is 0 Å². The van der Waals surface area contributed by atoms with Gasteiger partial charge in [-0.2, -0.15) is 0 Å². The van der Waals surface area contributed by atoms with Crippen molar-refractivity contribution in [2.24, 2.45) is 0 Å². The van der Waals surface area contributed by atoms with Gasteiger partial charge in [-0.15, -0.1) is 0 Å². The van der Waals surface area contributed by atoms with Crippen LogP contribution in [0.2, 0.25) is 0 Å². The Bertz CT molecular complexity index is 131. The molecule has 1 rings (SSSR count). The first-order valence-corrected chi connectivity index (χ1v) is 3.39. The predicted octanol–water partition coefficient (Wildman–Crippen LogP) is -1.77. The van der Waals surface area contributed by atoms with Crippen molar-refractivity contribution in [3.8, 4) is 0 Å². The van der Waals surface area contributed by atoms with Crippen LogP contribution in [-0.2, 0) is 9.59 Å². The average molecular weight is 160 g/mol.